The molecule has 0 bridgehead atoms. The summed E-state index contributed by atoms with van der Waals surface area (Å²) in [6, 6.07) is 4.78. The largest absolute Gasteiger partial charge is 0.378 e. The van der Waals surface area contributed by atoms with Gasteiger partial charge in [0, 0.05) is 31.5 Å². The normalized spacial score (nSPS) is 20.6. The summed E-state index contributed by atoms with van der Waals surface area (Å²) in [4.78, 5) is 6.74. The number of aromatic nitrogens is 1. The molecule has 1 aliphatic rings. The Hall–Kier alpha value is -1.09. The lowest BCUT2D eigenvalue weighted by Gasteiger charge is -2.17. The third-order valence-electron chi connectivity index (χ3n) is 2.89. The maximum absolute atomic E-state index is 4.61. The fourth-order valence-corrected chi connectivity index (χ4v) is 2.05. The molecule has 0 amide bonds. The molecule has 3 nitrogen and oxygen atoms in total. The highest BCUT2D eigenvalue weighted by atomic mass is 15.1. The lowest BCUT2D eigenvalue weighted by Crippen LogP contribution is -2.16. The summed E-state index contributed by atoms with van der Waals surface area (Å²) in [5.74, 6) is 0. The number of nitrogens with one attached hydrogen (secondary N) is 1. The van der Waals surface area contributed by atoms with Gasteiger partial charge in [0.05, 0.1) is 5.69 Å². The van der Waals surface area contributed by atoms with E-state index in [1.54, 1.807) is 0 Å². The van der Waals surface area contributed by atoms with E-state index in [2.05, 4.69) is 48.4 Å². The molecule has 1 aliphatic heterocycles. The van der Waals surface area contributed by atoms with Gasteiger partial charge in [-0.15, -0.1) is 0 Å². The SMILES string of the molecule is Cc1cc(N(C)C)cc(C2CCCN2)n1. The summed E-state index contributed by atoms with van der Waals surface area (Å²) in [5.41, 5.74) is 3.53. The summed E-state index contributed by atoms with van der Waals surface area (Å²) in [5, 5.41) is 3.49. The maximum atomic E-state index is 4.61. The Morgan fingerprint density at radius 1 is 1.40 bits per heavy atom. The molecule has 15 heavy (non-hydrogen) atoms. The van der Waals surface area contributed by atoms with Crippen molar-refractivity contribution in [2.45, 2.75) is 25.8 Å². The van der Waals surface area contributed by atoms with Gasteiger partial charge in [-0.3, -0.25) is 4.98 Å². The van der Waals surface area contributed by atoms with Crippen molar-refractivity contribution in [3.8, 4) is 0 Å². The van der Waals surface area contributed by atoms with Crippen LogP contribution in [0.4, 0.5) is 5.69 Å². The molecular weight excluding hydrogens is 186 g/mol. The Balaban J connectivity index is 2.30. The predicted octanol–water partition coefficient (Wildman–Crippen LogP) is 1.88. The molecule has 2 rings (SSSR count). The van der Waals surface area contributed by atoms with Crippen LogP contribution in [0.3, 0.4) is 0 Å². The first kappa shape index (κ1) is 10.4. The molecule has 1 saturated heterocycles. The standard InChI is InChI=1S/C12H19N3/c1-9-7-10(15(2)3)8-12(14-9)11-5-4-6-13-11/h7-8,11,13H,4-6H2,1-3H3. The van der Waals surface area contributed by atoms with Crippen LogP contribution in [0.25, 0.3) is 0 Å². The first-order valence-electron chi connectivity index (χ1n) is 5.56. The van der Waals surface area contributed by atoms with E-state index in [0.717, 1.165) is 12.2 Å². The third kappa shape index (κ3) is 2.29. The van der Waals surface area contributed by atoms with Gasteiger partial charge in [-0.2, -0.15) is 0 Å². The van der Waals surface area contributed by atoms with E-state index in [4.69, 9.17) is 0 Å². The van der Waals surface area contributed by atoms with Gasteiger partial charge in [0.25, 0.3) is 0 Å². The molecule has 0 spiro atoms. The monoisotopic (exact) mass is 205 g/mol. The average molecular weight is 205 g/mol. The molecule has 2 heterocycles. The summed E-state index contributed by atoms with van der Waals surface area (Å²) in [6.07, 6.45) is 2.47. The topological polar surface area (TPSA) is 28.2 Å². The van der Waals surface area contributed by atoms with Crippen molar-refractivity contribution in [2.24, 2.45) is 0 Å². The van der Waals surface area contributed by atoms with Crippen molar-refractivity contribution in [2.75, 3.05) is 25.5 Å². The van der Waals surface area contributed by atoms with Crippen LogP contribution in [-0.4, -0.2) is 25.6 Å². The van der Waals surface area contributed by atoms with Crippen LogP contribution in [0.15, 0.2) is 12.1 Å². The van der Waals surface area contributed by atoms with Crippen LogP contribution in [0, 0.1) is 6.92 Å². The van der Waals surface area contributed by atoms with Crippen molar-refractivity contribution < 1.29 is 0 Å². The van der Waals surface area contributed by atoms with E-state index >= 15 is 0 Å². The quantitative estimate of drug-likeness (QED) is 0.799. The van der Waals surface area contributed by atoms with Crippen molar-refractivity contribution >= 4 is 5.69 Å². The van der Waals surface area contributed by atoms with Crippen molar-refractivity contribution in [3.05, 3.63) is 23.5 Å². The molecule has 1 unspecified atom stereocenters. The Labute approximate surface area is 91.5 Å². The van der Waals surface area contributed by atoms with Crippen LogP contribution in [0.5, 0.6) is 0 Å². The van der Waals surface area contributed by atoms with Crippen LogP contribution >= 0.6 is 0 Å². The first-order chi connectivity index (χ1) is 7.16. The van der Waals surface area contributed by atoms with Gasteiger partial charge >= 0.3 is 0 Å². The fourth-order valence-electron chi connectivity index (χ4n) is 2.05. The van der Waals surface area contributed by atoms with E-state index < -0.39 is 0 Å². The van der Waals surface area contributed by atoms with E-state index in [0.29, 0.717) is 6.04 Å². The molecule has 0 radical (unpaired) electrons. The van der Waals surface area contributed by atoms with Crippen molar-refractivity contribution in [1.29, 1.82) is 0 Å². The molecule has 0 aliphatic carbocycles. The Morgan fingerprint density at radius 3 is 2.80 bits per heavy atom. The highest BCUT2D eigenvalue weighted by Crippen LogP contribution is 2.24. The Bertz CT molecular complexity index is 341. The van der Waals surface area contributed by atoms with Crippen LogP contribution in [0.1, 0.15) is 30.3 Å². The van der Waals surface area contributed by atoms with E-state index in [9.17, 15) is 0 Å². The smallest absolute Gasteiger partial charge is 0.0596 e. The first-order valence-corrected chi connectivity index (χ1v) is 5.56. The van der Waals surface area contributed by atoms with E-state index in [-0.39, 0.29) is 0 Å². The van der Waals surface area contributed by atoms with Gasteiger partial charge < -0.3 is 10.2 Å². The zero-order valence-corrected chi connectivity index (χ0v) is 9.75. The molecule has 0 saturated carbocycles. The average Bonchev–Trinajstić information content (AvgIpc) is 2.69. The second-order valence-corrected chi connectivity index (χ2v) is 4.43. The minimum absolute atomic E-state index is 0.462. The minimum atomic E-state index is 0.462. The summed E-state index contributed by atoms with van der Waals surface area (Å²) in [7, 11) is 4.14. The van der Waals surface area contributed by atoms with Crippen LogP contribution in [0.2, 0.25) is 0 Å². The number of anilines is 1. The van der Waals surface area contributed by atoms with Crippen LogP contribution < -0.4 is 10.2 Å². The number of hydrogen-bond donors (Lipinski definition) is 1. The van der Waals surface area contributed by atoms with E-state index in [1.165, 1.54) is 24.2 Å². The second kappa shape index (κ2) is 4.19. The molecule has 1 aromatic rings. The maximum Gasteiger partial charge on any atom is 0.0596 e. The number of hydrogen-bond acceptors (Lipinski definition) is 3. The molecule has 1 N–H and O–H groups in total. The van der Waals surface area contributed by atoms with E-state index in [1.807, 2.05) is 0 Å². The van der Waals surface area contributed by atoms with Gasteiger partial charge in [-0.25, -0.2) is 0 Å². The van der Waals surface area contributed by atoms with Gasteiger partial charge in [-0.1, -0.05) is 0 Å². The van der Waals surface area contributed by atoms with Crippen molar-refractivity contribution in [1.82, 2.24) is 10.3 Å². The van der Waals surface area contributed by atoms with Gasteiger partial charge in [0.15, 0.2) is 0 Å². The molecular formula is C12H19N3. The fraction of sp³-hybridized carbons (Fsp3) is 0.583. The Morgan fingerprint density at radius 2 is 2.20 bits per heavy atom. The molecule has 1 aromatic heterocycles. The summed E-state index contributed by atoms with van der Waals surface area (Å²) in [6.45, 7) is 3.18. The highest BCUT2D eigenvalue weighted by molar-refractivity contribution is 5.47. The molecule has 82 valence electrons. The van der Waals surface area contributed by atoms with Crippen LogP contribution in [-0.2, 0) is 0 Å². The molecule has 1 fully saturated rings. The van der Waals surface area contributed by atoms with Crippen molar-refractivity contribution in [3.63, 3.8) is 0 Å². The number of aryl methyl sites for hydroxylation is 1. The predicted molar refractivity (Wildman–Crippen MR) is 63.3 cm³/mol. The zero-order chi connectivity index (χ0) is 10.8. The molecule has 3 heteroatoms. The minimum Gasteiger partial charge on any atom is -0.378 e. The highest BCUT2D eigenvalue weighted by Gasteiger charge is 2.18. The van der Waals surface area contributed by atoms with Gasteiger partial charge in [0.1, 0.15) is 0 Å². The second-order valence-electron chi connectivity index (χ2n) is 4.43. The third-order valence-corrected chi connectivity index (χ3v) is 2.89. The lowest BCUT2D eigenvalue weighted by molar-refractivity contribution is 0.626. The van der Waals surface area contributed by atoms with Gasteiger partial charge in [-0.05, 0) is 38.4 Å². The number of rotatable bonds is 2. The number of nitrogens with zero attached hydrogens (tertiary/aromatic N) is 2. The summed E-state index contributed by atoms with van der Waals surface area (Å²) < 4.78 is 0. The molecule has 0 aromatic carbocycles. The zero-order valence-electron chi connectivity index (χ0n) is 9.75. The summed E-state index contributed by atoms with van der Waals surface area (Å²) >= 11 is 0. The number of pyridine rings is 1. The molecule has 1 atom stereocenters. The lowest BCUT2D eigenvalue weighted by atomic mass is 10.1. The van der Waals surface area contributed by atoms with Gasteiger partial charge in [0.2, 0.25) is 0 Å². The Kier molecular flexibility index (Phi) is 2.91.